The van der Waals surface area contributed by atoms with Crippen LogP contribution < -0.4 is 0 Å². The lowest BCUT2D eigenvalue weighted by molar-refractivity contribution is -0.785. The average Bonchev–Trinajstić information content (AvgIpc) is 2.83. The number of non-ortho nitro benzene ring substituents is 1. The molecular weight excluding hydrogens is 254 g/mol. The molecule has 0 radical (unpaired) electrons. The standard InChI is InChI=1S/C15H20N3O2/c1-3-10-18(11-4-2)12-9-16-15(18)13-5-7-14(8-6-13)17(19)20/h5-9,12H,3-4,10-11H2,1-2H3/q+1. The van der Waals surface area contributed by atoms with Crippen molar-refractivity contribution in [3.63, 3.8) is 0 Å². The molecule has 106 valence electrons. The Labute approximate surface area is 119 Å². The zero-order valence-corrected chi connectivity index (χ0v) is 12.0. The highest BCUT2D eigenvalue weighted by Crippen LogP contribution is 2.24. The molecule has 1 aliphatic rings. The number of nitro groups is 1. The van der Waals surface area contributed by atoms with Crippen LogP contribution in [0.4, 0.5) is 5.69 Å². The number of benzene rings is 1. The molecular formula is C15H20N3O2+. The van der Waals surface area contributed by atoms with Gasteiger partial charge in [0.1, 0.15) is 6.20 Å². The number of amidine groups is 1. The molecule has 0 fully saturated rings. The van der Waals surface area contributed by atoms with Crippen LogP contribution in [0, 0.1) is 10.1 Å². The summed E-state index contributed by atoms with van der Waals surface area (Å²) in [5.41, 5.74) is 1.08. The van der Waals surface area contributed by atoms with Gasteiger partial charge in [0, 0.05) is 12.1 Å². The van der Waals surface area contributed by atoms with Crippen LogP contribution in [0.2, 0.25) is 0 Å². The van der Waals surface area contributed by atoms with Crippen molar-refractivity contribution in [2.45, 2.75) is 26.7 Å². The third kappa shape index (κ3) is 2.63. The number of aliphatic imine (C=N–C) groups is 1. The van der Waals surface area contributed by atoms with E-state index in [1.54, 1.807) is 24.3 Å². The molecule has 1 aromatic carbocycles. The van der Waals surface area contributed by atoms with Crippen LogP contribution in [0.3, 0.4) is 0 Å². The first-order valence-corrected chi connectivity index (χ1v) is 7.00. The van der Waals surface area contributed by atoms with E-state index in [9.17, 15) is 10.1 Å². The van der Waals surface area contributed by atoms with Gasteiger partial charge in [-0.15, -0.1) is 0 Å². The van der Waals surface area contributed by atoms with E-state index in [2.05, 4.69) is 25.0 Å². The van der Waals surface area contributed by atoms with Crippen LogP contribution in [-0.4, -0.2) is 28.3 Å². The summed E-state index contributed by atoms with van der Waals surface area (Å²) < 4.78 is 0.741. The van der Waals surface area contributed by atoms with Crippen LogP contribution >= 0.6 is 0 Å². The van der Waals surface area contributed by atoms with Crippen molar-refractivity contribution in [3.05, 3.63) is 52.3 Å². The third-order valence-electron chi connectivity index (χ3n) is 3.55. The molecule has 1 aromatic rings. The molecule has 0 aliphatic carbocycles. The Morgan fingerprint density at radius 3 is 2.25 bits per heavy atom. The van der Waals surface area contributed by atoms with E-state index in [1.165, 1.54) is 0 Å². The fourth-order valence-corrected chi connectivity index (χ4v) is 2.75. The minimum Gasteiger partial charge on any atom is -0.258 e. The monoisotopic (exact) mass is 274 g/mol. The number of rotatable bonds is 6. The predicted octanol–water partition coefficient (Wildman–Crippen LogP) is 3.46. The van der Waals surface area contributed by atoms with Crippen LogP contribution in [0.15, 0.2) is 41.7 Å². The lowest BCUT2D eigenvalue weighted by atomic mass is 10.1. The normalized spacial score (nSPS) is 16.2. The Morgan fingerprint density at radius 2 is 1.75 bits per heavy atom. The van der Waals surface area contributed by atoms with E-state index in [0.717, 1.165) is 41.8 Å². The van der Waals surface area contributed by atoms with Gasteiger partial charge in [-0.25, -0.2) is 4.48 Å². The minimum absolute atomic E-state index is 0.115. The first kappa shape index (κ1) is 14.4. The van der Waals surface area contributed by atoms with Gasteiger partial charge in [-0.3, -0.25) is 10.1 Å². The molecule has 1 heterocycles. The molecule has 5 nitrogen and oxygen atoms in total. The van der Waals surface area contributed by atoms with Gasteiger partial charge < -0.3 is 0 Å². The maximum Gasteiger partial charge on any atom is 0.269 e. The second-order valence-corrected chi connectivity index (χ2v) is 5.04. The molecule has 0 saturated carbocycles. The van der Waals surface area contributed by atoms with Crippen molar-refractivity contribution in [2.24, 2.45) is 4.99 Å². The summed E-state index contributed by atoms with van der Waals surface area (Å²) >= 11 is 0. The second kappa shape index (κ2) is 5.96. The average molecular weight is 274 g/mol. The Kier molecular flexibility index (Phi) is 4.29. The summed E-state index contributed by atoms with van der Waals surface area (Å²) in [4.78, 5) is 14.9. The van der Waals surface area contributed by atoms with Crippen LogP contribution in [0.1, 0.15) is 32.3 Å². The van der Waals surface area contributed by atoms with Gasteiger partial charge in [0.25, 0.3) is 5.69 Å². The smallest absolute Gasteiger partial charge is 0.258 e. The highest BCUT2D eigenvalue weighted by atomic mass is 16.6. The first-order valence-electron chi connectivity index (χ1n) is 7.00. The predicted molar refractivity (Wildman–Crippen MR) is 79.3 cm³/mol. The minimum atomic E-state index is -0.376. The molecule has 0 N–H and O–H groups in total. The summed E-state index contributed by atoms with van der Waals surface area (Å²) in [6.07, 6.45) is 6.11. The molecule has 5 heteroatoms. The van der Waals surface area contributed by atoms with Crippen molar-refractivity contribution >= 4 is 11.5 Å². The molecule has 1 aliphatic heterocycles. The number of nitrogens with zero attached hydrogens (tertiary/aromatic N) is 3. The molecule has 0 saturated heterocycles. The zero-order chi connectivity index (χ0) is 14.6. The molecule has 0 atom stereocenters. The Bertz CT molecular complexity index is 541. The van der Waals surface area contributed by atoms with E-state index < -0.39 is 0 Å². The van der Waals surface area contributed by atoms with E-state index in [-0.39, 0.29) is 10.6 Å². The van der Waals surface area contributed by atoms with Gasteiger partial charge in [0.2, 0.25) is 5.84 Å². The van der Waals surface area contributed by atoms with Gasteiger partial charge in [0.05, 0.1) is 29.8 Å². The van der Waals surface area contributed by atoms with Crippen LogP contribution in [-0.2, 0) is 0 Å². The number of nitro benzene ring substituents is 1. The molecule has 0 aromatic heterocycles. The van der Waals surface area contributed by atoms with Gasteiger partial charge in [-0.05, 0) is 25.0 Å². The Morgan fingerprint density at radius 1 is 1.15 bits per heavy atom. The molecule has 20 heavy (non-hydrogen) atoms. The molecule has 0 unspecified atom stereocenters. The van der Waals surface area contributed by atoms with Gasteiger partial charge in [0.15, 0.2) is 0 Å². The summed E-state index contributed by atoms with van der Waals surface area (Å²) in [5, 5.41) is 10.7. The van der Waals surface area contributed by atoms with Crippen LogP contribution in [0.25, 0.3) is 0 Å². The maximum atomic E-state index is 10.7. The largest absolute Gasteiger partial charge is 0.269 e. The van der Waals surface area contributed by atoms with Crippen LogP contribution in [0.5, 0.6) is 0 Å². The van der Waals surface area contributed by atoms with E-state index in [0.29, 0.717) is 0 Å². The molecule has 2 rings (SSSR count). The molecule has 0 spiro atoms. The Balaban J connectivity index is 2.33. The topological polar surface area (TPSA) is 55.5 Å². The number of quaternary nitrogens is 1. The van der Waals surface area contributed by atoms with Crippen molar-refractivity contribution in [2.75, 3.05) is 13.1 Å². The molecule has 0 bridgehead atoms. The summed E-state index contributed by atoms with van der Waals surface area (Å²) in [5.74, 6) is 0.989. The van der Waals surface area contributed by atoms with Gasteiger partial charge in [-0.2, -0.15) is 4.99 Å². The van der Waals surface area contributed by atoms with E-state index >= 15 is 0 Å². The number of hydrogen-bond acceptors (Lipinski definition) is 3. The molecule has 0 amide bonds. The third-order valence-corrected chi connectivity index (χ3v) is 3.55. The van der Waals surface area contributed by atoms with E-state index in [4.69, 9.17) is 0 Å². The highest BCUT2D eigenvalue weighted by molar-refractivity contribution is 5.95. The maximum absolute atomic E-state index is 10.7. The lowest BCUT2D eigenvalue weighted by Gasteiger charge is -2.31. The zero-order valence-electron chi connectivity index (χ0n) is 12.0. The highest BCUT2D eigenvalue weighted by Gasteiger charge is 2.35. The fraction of sp³-hybridized carbons (Fsp3) is 0.400. The first-order chi connectivity index (χ1) is 9.63. The summed E-state index contributed by atoms with van der Waals surface area (Å²) in [7, 11) is 0. The Hall–Kier alpha value is -2.01. The number of hydrogen-bond donors (Lipinski definition) is 0. The summed E-state index contributed by atoms with van der Waals surface area (Å²) in [6.45, 7) is 6.32. The lowest BCUT2D eigenvalue weighted by Crippen LogP contribution is -2.48. The van der Waals surface area contributed by atoms with Gasteiger partial charge >= 0.3 is 0 Å². The van der Waals surface area contributed by atoms with Crippen molar-refractivity contribution in [1.29, 1.82) is 0 Å². The van der Waals surface area contributed by atoms with Crippen molar-refractivity contribution in [3.8, 4) is 0 Å². The fourth-order valence-electron chi connectivity index (χ4n) is 2.75. The van der Waals surface area contributed by atoms with E-state index in [1.807, 2.05) is 6.20 Å². The summed E-state index contributed by atoms with van der Waals surface area (Å²) in [6, 6.07) is 6.68. The van der Waals surface area contributed by atoms with Gasteiger partial charge in [-0.1, -0.05) is 13.8 Å². The second-order valence-electron chi connectivity index (χ2n) is 5.04. The SMILES string of the molecule is CCC[N+]1(CCC)C=CN=C1c1ccc([N+](=O)[O-])cc1. The van der Waals surface area contributed by atoms with Crippen molar-refractivity contribution in [1.82, 2.24) is 0 Å². The van der Waals surface area contributed by atoms with Crippen molar-refractivity contribution < 1.29 is 9.41 Å². The quantitative estimate of drug-likeness (QED) is 0.453.